The lowest BCUT2D eigenvalue weighted by Crippen LogP contribution is -2.28. The van der Waals surface area contributed by atoms with Gasteiger partial charge in [0.2, 0.25) is 0 Å². The molecule has 4 atom stereocenters. The van der Waals surface area contributed by atoms with Gasteiger partial charge in [0.15, 0.2) is 0 Å². The Morgan fingerprint density at radius 1 is 1.24 bits per heavy atom. The first-order valence-electron chi connectivity index (χ1n) is 12.0. The maximum absolute atomic E-state index is 11.1. The van der Waals surface area contributed by atoms with E-state index in [1.54, 1.807) is 0 Å². The van der Waals surface area contributed by atoms with E-state index >= 15 is 0 Å². The van der Waals surface area contributed by atoms with E-state index in [1.165, 1.54) is 6.92 Å². The number of aliphatic hydroxyl groups is 1. The maximum atomic E-state index is 11.1. The third kappa shape index (κ3) is 9.15. The van der Waals surface area contributed by atoms with Crippen molar-refractivity contribution >= 4 is 23.5 Å². The number of carboxylic acid groups (broad SMARTS) is 1. The van der Waals surface area contributed by atoms with Gasteiger partial charge in [0.1, 0.15) is 5.75 Å². The van der Waals surface area contributed by atoms with Crippen molar-refractivity contribution in [3.8, 4) is 5.75 Å². The van der Waals surface area contributed by atoms with Gasteiger partial charge < -0.3 is 19.7 Å². The summed E-state index contributed by atoms with van der Waals surface area (Å²) in [6, 6.07) is 6.08. The summed E-state index contributed by atoms with van der Waals surface area (Å²) in [5.41, 5.74) is 3.02. The van der Waals surface area contributed by atoms with Gasteiger partial charge in [0.05, 0.1) is 19.3 Å². The molecule has 0 heterocycles. The van der Waals surface area contributed by atoms with Gasteiger partial charge in [-0.1, -0.05) is 43.7 Å². The number of halogens is 1. The second kappa shape index (κ2) is 14.2. The Bertz CT molecular complexity index is 865. The molecule has 0 radical (unpaired) electrons. The van der Waals surface area contributed by atoms with E-state index in [0.29, 0.717) is 38.9 Å². The van der Waals surface area contributed by atoms with Crippen LogP contribution in [0.25, 0.3) is 0 Å². The second-order valence-corrected chi connectivity index (χ2v) is 9.47. The summed E-state index contributed by atoms with van der Waals surface area (Å²) in [7, 11) is 0. The molecule has 1 fully saturated rings. The molecule has 1 aliphatic carbocycles. The summed E-state index contributed by atoms with van der Waals surface area (Å²) in [5, 5.41) is 19.2. The number of esters is 1. The fourth-order valence-electron chi connectivity index (χ4n) is 4.39. The van der Waals surface area contributed by atoms with Gasteiger partial charge in [0, 0.05) is 37.0 Å². The van der Waals surface area contributed by atoms with Gasteiger partial charge in [-0.2, -0.15) is 0 Å². The average Bonchev–Trinajstić information content (AvgIpc) is 3.04. The van der Waals surface area contributed by atoms with E-state index in [4.69, 9.17) is 26.2 Å². The summed E-state index contributed by atoms with van der Waals surface area (Å²) in [6.07, 6.45) is 7.56. The van der Waals surface area contributed by atoms with Crippen molar-refractivity contribution in [1.29, 1.82) is 0 Å². The minimum Gasteiger partial charge on any atom is -0.493 e. The number of rotatable bonds is 14. The Hall–Kier alpha value is -2.31. The van der Waals surface area contributed by atoms with Gasteiger partial charge in [-0.15, -0.1) is 11.6 Å². The van der Waals surface area contributed by atoms with Crippen LogP contribution < -0.4 is 4.74 Å². The van der Waals surface area contributed by atoms with E-state index in [-0.39, 0.29) is 29.6 Å². The van der Waals surface area contributed by atoms with E-state index in [1.807, 2.05) is 24.3 Å². The third-order valence-corrected chi connectivity index (χ3v) is 6.49. The number of unbranched alkanes of at least 4 members (excludes halogenated alkanes) is 1. The Balaban J connectivity index is 2.04. The molecule has 0 spiro atoms. The zero-order valence-corrected chi connectivity index (χ0v) is 20.9. The highest BCUT2D eigenvalue weighted by atomic mass is 35.5. The van der Waals surface area contributed by atoms with Crippen LogP contribution in [0.1, 0.15) is 57.1 Å². The fourth-order valence-corrected chi connectivity index (χ4v) is 4.92. The second-order valence-electron chi connectivity index (χ2n) is 8.91. The lowest BCUT2D eigenvalue weighted by molar-refractivity contribution is -0.141. The van der Waals surface area contributed by atoms with E-state index in [9.17, 15) is 14.7 Å². The highest BCUT2D eigenvalue weighted by Gasteiger charge is 2.42. The number of aliphatic carboxylic acids is 1. The SMILES string of the molecule is C=C(/C=C\CCCC(=O)O)[C@H]1C(Cl)C[C@@H](O)[C@@H]1COc1cc(CCC)cc(CCOC(C)=O)c1. The molecule has 0 bridgehead atoms. The van der Waals surface area contributed by atoms with Crippen LogP contribution in [0, 0.1) is 11.8 Å². The first-order chi connectivity index (χ1) is 16.2. The lowest BCUT2D eigenvalue weighted by atomic mass is 9.88. The van der Waals surface area contributed by atoms with Crippen molar-refractivity contribution < 1.29 is 29.3 Å². The number of hydrogen-bond donors (Lipinski definition) is 2. The number of aryl methyl sites for hydroxylation is 1. The quantitative estimate of drug-likeness (QED) is 0.162. The number of alkyl halides is 1. The number of aliphatic hydroxyl groups excluding tert-OH is 1. The number of ether oxygens (including phenoxy) is 2. The smallest absolute Gasteiger partial charge is 0.303 e. The Kier molecular flexibility index (Phi) is 11.6. The standard InChI is InChI=1S/C27H37ClO6/c1-4-8-20-13-21(11-12-33-19(3)29)15-22(14-20)34-17-23-25(30)16-24(28)27(23)18(2)9-6-5-7-10-26(31)32/h6,9,13-15,23-25,27,30H,2,4-5,7-8,10-12,16-17H2,1,3H3,(H,31,32)/b9-6-/t23-,24?,25+,27+/m0/s1. The molecule has 2 rings (SSSR count). The van der Waals surface area contributed by atoms with Crippen LogP contribution in [-0.2, 0) is 27.2 Å². The molecule has 7 heteroatoms. The number of benzene rings is 1. The number of carbonyl (C=O) groups excluding carboxylic acids is 1. The predicted molar refractivity (Wildman–Crippen MR) is 133 cm³/mol. The van der Waals surface area contributed by atoms with Crippen molar-refractivity contribution in [1.82, 2.24) is 0 Å². The molecule has 0 aliphatic heterocycles. The first kappa shape index (κ1) is 27.9. The lowest BCUT2D eigenvalue weighted by Gasteiger charge is -2.24. The van der Waals surface area contributed by atoms with Crippen LogP contribution in [0.2, 0.25) is 0 Å². The molecule has 188 valence electrons. The first-order valence-corrected chi connectivity index (χ1v) is 12.4. The number of allylic oxidation sites excluding steroid dienone is 3. The molecular weight excluding hydrogens is 456 g/mol. The van der Waals surface area contributed by atoms with Gasteiger partial charge in [-0.3, -0.25) is 9.59 Å². The van der Waals surface area contributed by atoms with Crippen molar-refractivity contribution in [2.75, 3.05) is 13.2 Å². The largest absolute Gasteiger partial charge is 0.493 e. The number of carboxylic acids is 1. The zero-order chi connectivity index (χ0) is 25.1. The molecule has 0 saturated heterocycles. The third-order valence-electron chi connectivity index (χ3n) is 6.04. The Morgan fingerprint density at radius 3 is 2.59 bits per heavy atom. The number of hydrogen-bond acceptors (Lipinski definition) is 5. The summed E-state index contributed by atoms with van der Waals surface area (Å²) in [6.45, 7) is 8.31. The maximum Gasteiger partial charge on any atom is 0.303 e. The van der Waals surface area contributed by atoms with Gasteiger partial charge in [-0.05, 0) is 48.9 Å². The molecule has 2 N–H and O–H groups in total. The molecule has 0 amide bonds. The average molecular weight is 493 g/mol. The molecule has 6 nitrogen and oxygen atoms in total. The molecular formula is C27H37ClO6. The molecule has 0 aromatic heterocycles. The monoisotopic (exact) mass is 492 g/mol. The molecule has 1 saturated carbocycles. The van der Waals surface area contributed by atoms with Crippen LogP contribution in [0.15, 0.2) is 42.5 Å². The van der Waals surface area contributed by atoms with E-state index in [2.05, 4.69) is 19.6 Å². The van der Waals surface area contributed by atoms with Crippen LogP contribution in [0.5, 0.6) is 5.75 Å². The highest BCUT2D eigenvalue weighted by molar-refractivity contribution is 6.21. The van der Waals surface area contributed by atoms with E-state index < -0.39 is 12.1 Å². The molecule has 1 unspecified atom stereocenters. The van der Waals surface area contributed by atoms with Gasteiger partial charge >= 0.3 is 11.9 Å². The summed E-state index contributed by atoms with van der Waals surface area (Å²) >= 11 is 6.57. The van der Waals surface area contributed by atoms with Crippen molar-refractivity contribution in [3.63, 3.8) is 0 Å². The molecule has 1 aromatic rings. The highest BCUT2D eigenvalue weighted by Crippen LogP contribution is 2.41. The normalized spacial score (nSPS) is 22.1. The molecule has 1 aromatic carbocycles. The Labute approximate surface area is 207 Å². The molecule has 1 aliphatic rings. The Morgan fingerprint density at radius 2 is 1.94 bits per heavy atom. The number of carbonyl (C=O) groups is 2. The summed E-state index contributed by atoms with van der Waals surface area (Å²) < 4.78 is 11.2. The van der Waals surface area contributed by atoms with Crippen molar-refractivity contribution in [2.45, 2.75) is 70.3 Å². The summed E-state index contributed by atoms with van der Waals surface area (Å²) in [4.78, 5) is 21.7. The predicted octanol–water partition coefficient (Wildman–Crippen LogP) is 5.10. The van der Waals surface area contributed by atoms with Crippen LogP contribution >= 0.6 is 11.6 Å². The van der Waals surface area contributed by atoms with Crippen molar-refractivity contribution in [3.05, 3.63) is 53.6 Å². The topological polar surface area (TPSA) is 93.1 Å². The van der Waals surface area contributed by atoms with Crippen LogP contribution in [-0.4, -0.2) is 46.8 Å². The van der Waals surface area contributed by atoms with E-state index in [0.717, 1.165) is 35.3 Å². The van der Waals surface area contributed by atoms with Crippen LogP contribution in [0.3, 0.4) is 0 Å². The van der Waals surface area contributed by atoms with Gasteiger partial charge in [-0.25, -0.2) is 0 Å². The summed E-state index contributed by atoms with van der Waals surface area (Å²) in [5.74, 6) is -0.703. The fraction of sp³-hybridized carbons (Fsp3) is 0.556. The zero-order valence-electron chi connectivity index (χ0n) is 20.2. The van der Waals surface area contributed by atoms with Crippen LogP contribution in [0.4, 0.5) is 0 Å². The van der Waals surface area contributed by atoms with Crippen molar-refractivity contribution in [2.24, 2.45) is 11.8 Å². The minimum absolute atomic E-state index is 0.130. The molecule has 34 heavy (non-hydrogen) atoms. The minimum atomic E-state index is -0.804. The van der Waals surface area contributed by atoms with Gasteiger partial charge in [0.25, 0.3) is 0 Å².